The molecule has 0 aromatic heterocycles. The van der Waals surface area contributed by atoms with Crippen LogP contribution < -0.4 is 0 Å². The molecule has 0 N–H and O–H groups in total. The predicted octanol–water partition coefficient (Wildman–Crippen LogP) is 3.84. The second-order valence-corrected chi connectivity index (χ2v) is 4.70. The first-order valence-electron chi connectivity index (χ1n) is 4.09. The molecule has 0 aromatic rings. The maximum atomic E-state index is 12.3. The van der Waals surface area contributed by atoms with E-state index in [2.05, 4.69) is 13.6 Å². The molecule has 0 spiro atoms. The average Bonchev–Trinajstić information content (AvgIpc) is 2.23. The zero-order valence-corrected chi connectivity index (χ0v) is 9.33. The number of halogens is 10. The van der Waals surface area contributed by atoms with Gasteiger partial charge in [-0.05, 0) is 0 Å². The van der Waals surface area contributed by atoms with E-state index < -0.39 is 38.5 Å². The Morgan fingerprint density at radius 2 is 1.15 bits per heavy atom. The van der Waals surface area contributed by atoms with E-state index in [9.17, 15) is 48.5 Å². The van der Waals surface area contributed by atoms with Crippen LogP contribution in [0.3, 0.4) is 0 Å². The molecule has 120 valence electrons. The van der Waals surface area contributed by atoms with Gasteiger partial charge in [-0.2, -0.15) is 43.9 Å². The summed E-state index contributed by atoms with van der Waals surface area (Å²) in [5.41, 5.74) is 0. The highest BCUT2D eigenvalue weighted by Crippen LogP contribution is 2.68. The standard InChI is InChI=1S/C5HF10O4P/c6-2(7,8)1(3(9,10)11)17-20(16)18-4(12,13)5(14,15)19-20/h1H. The van der Waals surface area contributed by atoms with Crippen LogP contribution in [-0.2, 0) is 18.1 Å². The lowest BCUT2D eigenvalue weighted by molar-refractivity contribution is -0.344. The smallest absolute Gasteiger partial charge is 0.264 e. The van der Waals surface area contributed by atoms with Crippen molar-refractivity contribution in [2.75, 3.05) is 0 Å². The topological polar surface area (TPSA) is 44.8 Å². The first-order chi connectivity index (χ1) is 8.50. The van der Waals surface area contributed by atoms with Crippen LogP contribution in [0.25, 0.3) is 0 Å². The van der Waals surface area contributed by atoms with Crippen LogP contribution in [0.15, 0.2) is 0 Å². The lowest BCUT2D eigenvalue weighted by Gasteiger charge is -2.24. The Bertz CT molecular complexity index is 392. The molecule has 0 radical (unpaired) electrons. The van der Waals surface area contributed by atoms with Crippen LogP contribution in [0, 0.1) is 0 Å². The fraction of sp³-hybridized carbons (Fsp3) is 1.00. The normalized spacial score (nSPS) is 25.1. The van der Waals surface area contributed by atoms with Gasteiger partial charge in [0.15, 0.2) is 0 Å². The number of hydrogen-bond acceptors (Lipinski definition) is 4. The quantitative estimate of drug-likeness (QED) is 0.563. The molecule has 20 heavy (non-hydrogen) atoms. The number of phosphoric ester groups is 1. The highest BCUT2D eigenvalue weighted by molar-refractivity contribution is 7.48. The van der Waals surface area contributed by atoms with E-state index in [1.54, 1.807) is 0 Å². The Kier molecular flexibility index (Phi) is 3.89. The summed E-state index contributed by atoms with van der Waals surface area (Å²) in [6, 6.07) is 0. The highest BCUT2D eigenvalue weighted by atomic mass is 31.2. The number of alkyl halides is 10. The molecule has 0 amide bonds. The maximum absolute atomic E-state index is 12.3. The summed E-state index contributed by atoms with van der Waals surface area (Å²) in [4.78, 5) is 0. The van der Waals surface area contributed by atoms with Crippen molar-refractivity contribution >= 4 is 7.82 Å². The number of phosphoric acid groups is 1. The minimum Gasteiger partial charge on any atom is -0.264 e. The molecule has 0 unspecified atom stereocenters. The van der Waals surface area contributed by atoms with Crippen molar-refractivity contribution in [3.05, 3.63) is 0 Å². The van der Waals surface area contributed by atoms with E-state index in [0.29, 0.717) is 0 Å². The van der Waals surface area contributed by atoms with Gasteiger partial charge in [-0.15, -0.1) is 0 Å². The molecule has 0 aliphatic carbocycles. The summed E-state index contributed by atoms with van der Waals surface area (Å²) in [7, 11) is -6.50. The van der Waals surface area contributed by atoms with Gasteiger partial charge in [0.05, 0.1) is 0 Å². The third-order valence-electron chi connectivity index (χ3n) is 1.62. The summed E-state index contributed by atoms with van der Waals surface area (Å²) < 4.78 is 140. The van der Waals surface area contributed by atoms with Gasteiger partial charge in [0, 0.05) is 0 Å². The van der Waals surface area contributed by atoms with Gasteiger partial charge in [0.2, 0.25) is 0 Å². The molecule has 0 bridgehead atoms. The zero-order valence-electron chi connectivity index (χ0n) is 8.44. The van der Waals surface area contributed by atoms with E-state index in [4.69, 9.17) is 0 Å². The number of rotatable bonds is 2. The largest absolute Gasteiger partial charge is 0.485 e. The second kappa shape index (κ2) is 4.45. The van der Waals surface area contributed by atoms with E-state index in [0.717, 1.165) is 0 Å². The first kappa shape index (κ1) is 17.5. The molecule has 1 aliphatic heterocycles. The Labute approximate surface area is 102 Å². The fourth-order valence-corrected chi connectivity index (χ4v) is 2.28. The second-order valence-electron chi connectivity index (χ2n) is 3.23. The van der Waals surface area contributed by atoms with E-state index in [-0.39, 0.29) is 0 Å². The predicted molar refractivity (Wildman–Crippen MR) is 36.7 cm³/mol. The fourth-order valence-electron chi connectivity index (χ4n) is 0.883. The van der Waals surface area contributed by atoms with Gasteiger partial charge >= 0.3 is 32.4 Å². The van der Waals surface area contributed by atoms with Crippen molar-refractivity contribution in [1.29, 1.82) is 0 Å². The molecule has 1 fully saturated rings. The van der Waals surface area contributed by atoms with E-state index >= 15 is 0 Å². The molecule has 1 saturated heterocycles. The number of hydrogen-bond donors (Lipinski definition) is 0. The average molecular weight is 346 g/mol. The van der Waals surface area contributed by atoms with Crippen LogP contribution in [0.2, 0.25) is 0 Å². The molecule has 0 saturated carbocycles. The van der Waals surface area contributed by atoms with E-state index in [1.807, 2.05) is 0 Å². The minimum absolute atomic E-state index is 2.60. The maximum Gasteiger partial charge on any atom is 0.485 e. The Morgan fingerprint density at radius 3 is 1.40 bits per heavy atom. The Hall–Kier alpha value is -0.590. The van der Waals surface area contributed by atoms with Crippen molar-refractivity contribution in [3.63, 3.8) is 0 Å². The van der Waals surface area contributed by atoms with Crippen molar-refractivity contribution in [1.82, 2.24) is 0 Å². The van der Waals surface area contributed by atoms with Gasteiger partial charge in [-0.3, -0.25) is 4.52 Å². The summed E-state index contributed by atoms with van der Waals surface area (Å²) >= 11 is 0. The molecule has 0 atom stereocenters. The van der Waals surface area contributed by atoms with Gasteiger partial charge in [0.25, 0.3) is 6.10 Å². The zero-order chi connectivity index (χ0) is 16.2. The summed E-state index contributed by atoms with van der Waals surface area (Å²) in [5.74, 6) is 0. The Balaban J connectivity index is 3.06. The summed E-state index contributed by atoms with van der Waals surface area (Å²) in [5, 5.41) is 0. The summed E-state index contributed by atoms with van der Waals surface area (Å²) in [6.07, 6.45) is -28.9. The van der Waals surface area contributed by atoms with E-state index in [1.165, 1.54) is 0 Å². The molecule has 4 nitrogen and oxygen atoms in total. The van der Waals surface area contributed by atoms with Gasteiger partial charge < -0.3 is 0 Å². The van der Waals surface area contributed by atoms with Gasteiger partial charge in [0.1, 0.15) is 0 Å². The first-order valence-corrected chi connectivity index (χ1v) is 5.55. The van der Waals surface area contributed by atoms with Crippen LogP contribution in [0.4, 0.5) is 43.9 Å². The van der Waals surface area contributed by atoms with Crippen molar-refractivity contribution in [2.24, 2.45) is 0 Å². The third-order valence-corrected chi connectivity index (χ3v) is 3.00. The lowest BCUT2D eigenvalue weighted by atomic mass is 10.3. The minimum atomic E-state index is -6.50. The van der Waals surface area contributed by atoms with Crippen molar-refractivity contribution in [3.8, 4) is 0 Å². The molecule has 1 rings (SSSR count). The van der Waals surface area contributed by atoms with Crippen molar-refractivity contribution in [2.45, 2.75) is 30.7 Å². The molecule has 1 heterocycles. The van der Waals surface area contributed by atoms with Crippen molar-refractivity contribution < 1.29 is 62.0 Å². The summed E-state index contributed by atoms with van der Waals surface area (Å²) in [6.45, 7) is 0. The van der Waals surface area contributed by atoms with Gasteiger partial charge in [-0.25, -0.2) is 13.6 Å². The Morgan fingerprint density at radius 1 is 0.850 bits per heavy atom. The van der Waals surface area contributed by atoms with Crippen LogP contribution in [-0.4, -0.2) is 30.7 Å². The third kappa shape index (κ3) is 3.35. The van der Waals surface area contributed by atoms with Crippen LogP contribution >= 0.6 is 7.82 Å². The lowest BCUT2D eigenvalue weighted by Crippen LogP contribution is -2.43. The molecular formula is C5HF10O4P. The van der Waals surface area contributed by atoms with Crippen LogP contribution in [0.5, 0.6) is 0 Å². The van der Waals surface area contributed by atoms with Gasteiger partial charge in [-0.1, -0.05) is 0 Å². The molecular weight excluding hydrogens is 345 g/mol. The highest BCUT2D eigenvalue weighted by Gasteiger charge is 2.75. The molecule has 1 aliphatic rings. The SMILES string of the molecule is O=P1(OC(C(F)(F)F)C(F)(F)F)OC(F)(F)C(F)(F)O1. The monoisotopic (exact) mass is 346 g/mol. The van der Waals surface area contributed by atoms with Crippen LogP contribution in [0.1, 0.15) is 0 Å². The molecule has 0 aromatic carbocycles. The molecule has 15 heteroatoms.